The SMILES string of the molecule is CCN1CCN(c2nc(C)nc(Cl)c2F)CC1. The van der Waals surface area contributed by atoms with E-state index in [-0.39, 0.29) is 5.15 Å². The van der Waals surface area contributed by atoms with Crippen molar-refractivity contribution in [3.05, 3.63) is 16.8 Å². The minimum Gasteiger partial charge on any atom is -0.351 e. The third-order valence-corrected chi connectivity index (χ3v) is 3.27. The van der Waals surface area contributed by atoms with Crippen LogP contribution >= 0.6 is 11.6 Å². The molecule has 0 amide bonds. The summed E-state index contributed by atoms with van der Waals surface area (Å²) in [4.78, 5) is 12.2. The molecule has 94 valence electrons. The number of likely N-dealkylation sites (N-methyl/N-ethyl adjacent to an activating group) is 1. The van der Waals surface area contributed by atoms with Crippen LogP contribution < -0.4 is 4.90 Å². The van der Waals surface area contributed by atoms with Gasteiger partial charge in [0.05, 0.1) is 0 Å². The van der Waals surface area contributed by atoms with E-state index in [1.807, 2.05) is 4.90 Å². The van der Waals surface area contributed by atoms with Crippen molar-refractivity contribution in [2.75, 3.05) is 37.6 Å². The summed E-state index contributed by atoms with van der Waals surface area (Å²) in [5.41, 5.74) is 0. The van der Waals surface area contributed by atoms with Crippen molar-refractivity contribution in [2.45, 2.75) is 13.8 Å². The molecule has 0 spiro atoms. The Kier molecular flexibility index (Phi) is 3.79. The van der Waals surface area contributed by atoms with E-state index in [1.54, 1.807) is 6.92 Å². The lowest BCUT2D eigenvalue weighted by Gasteiger charge is -2.34. The van der Waals surface area contributed by atoms with Gasteiger partial charge in [-0.25, -0.2) is 9.97 Å². The van der Waals surface area contributed by atoms with Crippen molar-refractivity contribution in [1.82, 2.24) is 14.9 Å². The second-order valence-electron chi connectivity index (χ2n) is 4.12. The maximum atomic E-state index is 13.8. The first-order valence-corrected chi connectivity index (χ1v) is 6.16. The summed E-state index contributed by atoms with van der Waals surface area (Å²) < 4.78 is 13.8. The highest BCUT2D eigenvalue weighted by Crippen LogP contribution is 2.23. The Morgan fingerprint density at radius 2 is 1.88 bits per heavy atom. The third-order valence-electron chi connectivity index (χ3n) is 3.02. The molecule has 0 atom stereocenters. The van der Waals surface area contributed by atoms with Crippen LogP contribution in [-0.2, 0) is 0 Å². The summed E-state index contributed by atoms with van der Waals surface area (Å²) in [5, 5.41) is -0.0922. The van der Waals surface area contributed by atoms with Gasteiger partial charge in [0.2, 0.25) is 5.82 Å². The van der Waals surface area contributed by atoms with Crippen molar-refractivity contribution in [3.63, 3.8) is 0 Å². The number of aromatic nitrogens is 2. The Labute approximate surface area is 105 Å². The third kappa shape index (κ3) is 2.66. The van der Waals surface area contributed by atoms with Crippen LogP contribution in [0.4, 0.5) is 10.2 Å². The number of rotatable bonds is 2. The molecule has 0 bridgehead atoms. The molecule has 0 N–H and O–H groups in total. The Hall–Kier alpha value is -0.940. The quantitative estimate of drug-likeness (QED) is 0.756. The molecule has 0 unspecified atom stereocenters. The van der Waals surface area contributed by atoms with E-state index in [0.29, 0.717) is 11.6 Å². The fraction of sp³-hybridized carbons (Fsp3) is 0.636. The molecular weight excluding hydrogens is 243 g/mol. The summed E-state index contributed by atoms with van der Waals surface area (Å²) in [6.45, 7) is 8.28. The van der Waals surface area contributed by atoms with Crippen LogP contribution in [0.2, 0.25) is 5.15 Å². The van der Waals surface area contributed by atoms with Crippen molar-refractivity contribution in [3.8, 4) is 0 Å². The highest BCUT2D eigenvalue weighted by Gasteiger charge is 2.21. The molecule has 1 aliphatic rings. The van der Waals surface area contributed by atoms with Gasteiger partial charge in [0.25, 0.3) is 0 Å². The van der Waals surface area contributed by atoms with E-state index in [4.69, 9.17) is 11.6 Å². The molecular formula is C11H16ClFN4. The Bertz CT molecular complexity index is 405. The van der Waals surface area contributed by atoms with Gasteiger partial charge < -0.3 is 9.80 Å². The number of nitrogens with zero attached hydrogens (tertiary/aromatic N) is 4. The van der Waals surface area contributed by atoms with E-state index in [2.05, 4.69) is 21.8 Å². The van der Waals surface area contributed by atoms with Crippen LogP contribution in [0.5, 0.6) is 0 Å². The van der Waals surface area contributed by atoms with Crippen LogP contribution in [-0.4, -0.2) is 47.6 Å². The van der Waals surface area contributed by atoms with E-state index in [1.165, 1.54) is 0 Å². The molecule has 17 heavy (non-hydrogen) atoms. The predicted octanol–water partition coefficient (Wildman–Crippen LogP) is 1.72. The van der Waals surface area contributed by atoms with Gasteiger partial charge in [0.1, 0.15) is 5.82 Å². The normalized spacial score (nSPS) is 17.5. The van der Waals surface area contributed by atoms with Gasteiger partial charge in [-0.2, -0.15) is 4.39 Å². The van der Waals surface area contributed by atoms with Gasteiger partial charge in [-0.05, 0) is 13.5 Å². The maximum absolute atomic E-state index is 13.8. The molecule has 1 aliphatic heterocycles. The van der Waals surface area contributed by atoms with Crippen LogP contribution in [0, 0.1) is 12.7 Å². The second-order valence-corrected chi connectivity index (χ2v) is 4.48. The summed E-state index contributed by atoms with van der Waals surface area (Å²) in [6, 6.07) is 0. The Balaban J connectivity index is 2.18. The lowest BCUT2D eigenvalue weighted by Crippen LogP contribution is -2.46. The topological polar surface area (TPSA) is 32.3 Å². The first-order chi connectivity index (χ1) is 8.11. The van der Waals surface area contributed by atoms with Crippen LogP contribution in [0.25, 0.3) is 0 Å². The van der Waals surface area contributed by atoms with Crippen LogP contribution in [0.3, 0.4) is 0 Å². The standard InChI is InChI=1S/C11H16ClFN4/c1-3-16-4-6-17(7-5-16)11-9(13)10(12)14-8(2)15-11/h3-7H2,1-2H3. The molecule has 0 aromatic carbocycles. The zero-order valence-electron chi connectivity index (χ0n) is 10.1. The molecule has 1 saturated heterocycles. The average molecular weight is 259 g/mol. The van der Waals surface area contributed by atoms with E-state index in [9.17, 15) is 4.39 Å². The lowest BCUT2D eigenvalue weighted by atomic mass is 10.3. The van der Waals surface area contributed by atoms with Gasteiger partial charge in [-0.3, -0.25) is 0 Å². The minimum absolute atomic E-state index is 0.0922. The van der Waals surface area contributed by atoms with Gasteiger partial charge in [-0.15, -0.1) is 0 Å². The van der Waals surface area contributed by atoms with Gasteiger partial charge in [0, 0.05) is 26.2 Å². The number of hydrogen-bond donors (Lipinski definition) is 0. The zero-order chi connectivity index (χ0) is 12.4. The van der Waals surface area contributed by atoms with Gasteiger partial charge >= 0.3 is 0 Å². The molecule has 0 radical (unpaired) electrons. The molecule has 2 rings (SSSR count). The van der Waals surface area contributed by atoms with Crippen molar-refractivity contribution >= 4 is 17.4 Å². The Morgan fingerprint density at radius 3 is 2.47 bits per heavy atom. The van der Waals surface area contributed by atoms with Gasteiger partial charge in [-0.1, -0.05) is 18.5 Å². The minimum atomic E-state index is -0.512. The molecule has 0 saturated carbocycles. The fourth-order valence-corrected chi connectivity index (χ4v) is 2.20. The number of halogens is 2. The first kappa shape index (κ1) is 12.5. The largest absolute Gasteiger partial charge is 0.351 e. The Morgan fingerprint density at radius 1 is 1.24 bits per heavy atom. The van der Waals surface area contributed by atoms with Gasteiger partial charge in [0.15, 0.2) is 11.0 Å². The summed E-state index contributed by atoms with van der Waals surface area (Å²) in [6.07, 6.45) is 0. The number of anilines is 1. The number of piperazine rings is 1. The van der Waals surface area contributed by atoms with Crippen molar-refractivity contribution in [1.29, 1.82) is 0 Å². The summed E-state index contributed by atoms with van der Waals surface area (Å²) in [7, 11) is 0. The zero-order valence-corrected chi connectivity index (χ0v) is 10.8. The van der Waals surface area contributed by atoms with Crippen LogP contribution in [0.15, 0.2) is 0 Å². The lowest BCUT2D eigenvalue weighted by molar-refractivity contribution is 0.269. The average Bonchev–Trinajstić information content (AvgIpc) is 2.34. The smallest absolute Gasteiger partial charge is 0.202 e. The molecule has 1 fully saturated rings. The second kappa shape index (κ2) is 5.14. The summed E-state index contributed by atoms with van der Waals surface area (Å²) in [5.74, 6) is 0.324. The van der Waals surface area contributed by atoms with E-state index < -0.39 is 5.82 Å². The van der Waals surface area contributed by atoms with Crippen molar-refractivity contribution in [2.24, 2.45) is 0 Å². The molecule has 6 heteroatoms. The van der Waals surface area contributed by atoms with Crippen molar-refractivity contribution < 1.29 is 4.39 Å². The fourth-order valence-electron chi connectivity index (χ4n) is 2.00. The van der Waals surface area contributed by atoms with Crippen LogP contribution in [0.1, 0.15) is 12.7 Å². The molecule has 4 nitrogen and oxygen atoms in total. The van der Waals surface area contributed by atoms with E-state index >= 15 is 0 Å². The summed E-state index contributed by atoms with van der Waals surface area (Å²) >= 11 is 5.73. The first-order valence-electron chi connectivity index (χ1n) is 5.78. The maximum Gasteiger partial charge on any atom is 0.202 e. The highest BCUT2D eigenvalue weighted by molar-refractivity contribution is 6.29. The van der Waals surface area contributed by atoms with E-state index in [0.717, 1.165) is 32.7 Å². The predicted molar refractivity (Wildman–Crippen MR) is 66.1 cm³/mol. The highest BCUT2D eigenvalue weighted by atomic mass is 35.5. The molecule has 1 aromatic heterocycles. The monoisotopic (exact) mass is 258 g/mol. The molecule has 1 aromatic rings. The molecule has 2 heterocycles. The molecule has 0 aliphatic carbocycles. The number of hydrogen-bond acceptors (Lipinski definition) is 4. The number of aryl methyl sites for hydroxylation is 1.